The van der Waals surface area contributed by atoms with Crippen molar-refractivity contribution in [2.45, 2.75) is 39.2 Å². The van der Waals surface area contributed by atoms with Crippen LogP contribution in [-0.2, 0) is 4.79 Å². The van der Waals surface area contributed by atoms with Crippen LogP contribution in [0.15, 0.2) is 0 Å². The summed E-state index contributed by atoms with van der Waals surface area (Å²) in [7, 11) is 2.17. The summed E-state index contributed by atoms with van der Waals surface area (Å²) in [6.45, 7) is 6.94. The fourth-order valence-corrected chi connectivity index (χ4v) is 2.15. The van der Waals surface area contributed by atoms with E-state index in [1.54, 1.807) is 0 Å². The summed E-state index contributed by atoms with van der Waals surface area (Å²) in [5, 5.41) is 2.99. The van der Waals surface area contributed by atoms with Gasteiger partial charge in [0.1, 0.15) is 0 Å². The summed E-state index contributed by atoms with van der Waals surface area (Å²) >= 11 is 0. The van der Waals surface area contributed by atoms with Gasteiger partial charge in [0.05, 0.1) is 0 Å². The number of nitrogens with two attached hydrogens (primary N) is 1. The normalized spacial score (nSPS) is 19.8. The van der Waals surface area contributed by atoms with Gasteiger partial charge in [-0.15, -0.1) is 24.8 Å². The maximum atomic E-state index is 11.7. The van der Waals surface area contributed by atoms with Crippen LogP contribution in [0.5, 0.6) is 0 Å². The Balaban J connectivity index is 0. The van der Waals surface area contributed by atoms with Crippen LogP contribution in [0.4, 0.5) is 0 Å². The number of halogens is 2. The van der Waals surface area contributed by atoms with Gasteiger partial charge in [0.2, 0.25) is 5.91 Å². The lowest BCUT2D eigenvalue weighted by molar-refractivity contribution is -0.124. The largest absolute Gasteiger partial charge is 0.356 e. The van der Waals surface area contributed by atoms with Gasteiger partial charge in [-0.1, -0.05) is 6.92 Å². The Bertz CT molecular complexity index is 244. The summed E-state index contributed by atoms with van der Waals surface area (Å²) in [4.78, 5) is 14.0. The minimum absolute atomic E-state index is 0. The number of likely N-dealkylation sites (tertiary alicyclic amines) is 1. The van der Waals surface area contributed by atoms with Crippen LogP contribution < -0.4 is 11.1 Å². The Morgan fingerprint density at radius 2 is 1.84 bits per heavy atom. The molecule has 116 valence electrons. The zero-order valence-electron chi connectivity index (χ0n) is 12.2. The van der Waals surface area contributed by atoms with Crippen molar-refractivity contribution >= 4 is 30.7 Å². The highest BCUT2D eigenvalue weighted by Gasteiger charge is 2.19. The molecule has 0 spiro atoms. The highest BCUT2D eigenvalue weighted by atomic mass is 35.5. The second-order valence-corrected chi connectivity index (χ2v) is 5.47. The molecule has 0 aromatic carbocycles. The van der Waals surface area contributed by atoms with Crippen LogP contribution in [0.3, 0.4) is 0 Å². The van der Waals surface area contributed by atoms with Crippen molar-refractivity contribution in [3.05, 3.63) is 0 Å². The molecule has 0 aromatic heterocycles. The minimum atomic E-state index is -0.0903. The Labute approximate surface area is 129 Å². The third-order valence-corrected chi connectivity index (χ3v) is 3.89. The maximum absolute atomic E-state index is 11.7. The van der Waals surface area contributed by atoms with E-state index in [0.717, 1.165) is 18.9 Å². The maximum Gasteiger partial charge on any atom is 0.224 e. The molecule has 0 aromatic rings. The molecule has 1 heterocycles. The number of amides is 1. The van der Waals surface area contributed by atoms with Gasteiger partial charge in [-0.05, 0) is 52.2 Å². The summed E-state index contributed by atoms with van der Waals surface area (Å²) in [6.07, 6.45) is 3.62. The van der Waals surface area contributed by atoms with Crippen molar-refractivity contribution in [1.29, 1.82) is 0 Å². The van der Waals surface area contributed by atoms with Crippen molar-refractivity contribution in [2.75, 3.05) is 26.7 Å². The van der Waals surface area contributed by atoms with Crippen molar-refractivity contribution in [3.63, 3.8) is 0 Å². The Kier molecular flexibility index (Phi) is 12.0. The number of rotatable bonds is 5. The summed E-state index contributed by atoms with van der Waals surface area (Å²) in [5.74, 6) is 0.775. The number of hydrogen-bond acceptors (Lipinski definition) is 3. The topological polar surface area (TPSA) is 58.4 Å². The highest BCUT2D eigenvalue weighted by molar-refractivity contribution is 5.85. The molecule has 3 N–H and O–H groups in total. The Morgan fingerprint density at radius 3 is 2.32 bits per heavy atom. The molecule has 19 heavy (non-hydrogen) atoms. The Morgan fingerprint density at radius 1 is 1.32 bits per heavy atom. The number of carbonyl (C=O) groups excluding carboxylic acids is 1. The van der Waals surface area contributed by atoms with E-state index in [1.165, 1.54) is 25.9 Å². The fourth-order valence-electron chi connectivity index (χ4n) is 2.15. The first kappa shape index (κ1) is 21.3. The highest BCUT2D eigenvalue weighted by Crippen LogP contribution is 2.18. The van der Waals surface area contributed by atoms with Gasteiger partial charge in [-0.25, -0.2) is 0 Å². The van der Waals surface area contributed by atoms with Crippen LogP contribution in [0.1, 0.15) is 33.1 Å². The zero-order chi connectivity index (χ0) is 12.8. The van der Waals surface area contributed by atoms with Crippen LogP contribution in [0.25, 0.3) is 0 Å². The number of carbonyl (C=O) groups is 1. The molecule has 2 atom stereocenters. The molecule has 4 nitrogen and oxygen atoms in total. The first-order valence-corrected chi connectivity index (χ1v) is 6.72. The minimum Gasteiger partial charge on any atom is -0.356 e. The number of hydrogen-bond donors (Lipinski definition) is 2. The zero-order valence-corrected chi connectivity index (χ0v) is 13.9. The molecule has 2 unspecified atom stereocenters. The predicted octanol–water partition coefficient (Wildman–Crippen LogP) is 1.66. The second kappa shape index (κ2) is 10.7. The van der Waals surface area contributed by atoms with Crippen LogP contribution in [-0.4, -0.2) is 43.5 Å². The SMILES string of the molecule is CC(N)C(C)C(=O)NCCC1CCN(C)CC1.Cl.Cl. The number of nitrogens with zero attached hydrogens (tertiary/aromatic N) is 1. The lowest BCUT2D eigenvalue weighted by atomic mass is 9.94. The van der Waals surface area contributed by atoms with Gasteiger partial charge >= 0.3 is 0 Å². The molecule has 1 aliphatic rings. The van der Waals surface area contributed by atoms with Crippen LogP contribution in [0, 0.1) is 11.8 Å². The van der Waals surface area contributed by atoms with Gasteiger partial charge < -0.3 is 16.0 Å². The predicted molar refractivity (Wildman–Crippen MR) is 85.2 cm³/mol. The van der Waals surface area contributed by atoms with Gasteiger partial charge in [0, 0.05) is 18.5 Å². The van der Waals surface area contributed by atoms with E-state index >= 15 is 0 Å². The first-order valence-electron chi connectivity index (χ1n) is 6.72. The molecule has 1 amide bonds. The van der Waals surface area contributed by atoms with E-state index in [1.807, 2.05) is 13.8 Å². The summed E-state index contributed by atoms with van der Waals surface area (Å²) in [5.41, 5.74) is 5.70. The van der Waals surface area contributed by atoms with Crippen molar-refractivity contribution in [2.24, 2.45) is 17.6 Å². The molecule has 0 bridgehead atoms. The monoisotopic (exact) mass is 313 g/mol. The fraction of sp³-hybridized carbons (Fsp3) is 0.923. The van der Waals surface area contributed by atoms with E-state index in [2.05, 4.69) is 17.3 Å². The van der Waals surface area contributed by atoms with Gasteiger partial charge in [0.25, 0.3) is 0 Å². The molecule has 0 radical (unpaired) electrons. The van der Waals surface area contributed by atoms with Crippen molar-refractivity contribution < 1.29 is 4.79 Å². The second-order valence-electron chi connectivity index (χ2n) is 5.47. The van der Waals surface area contributed by atoms with E-state index in [4.69, 9.17) is 5.73 Å². The molecule has 1 saturated heterocycles. The van der Waals surface area contributed by atoms with E-state index in [9.17, 15) is 4.79 Å². The van der Waals surface area contributed by atoms with E-state index in [0.29, 0.717) is 0 Å². The average molecular weight is 314 g/mol. The van der Waals surface area contributed by atoms with Crippen LogP contribution in [0.2, 0.25) is 0 Å². The summed E-state index contributed by atoms with van der Waals surface area (Å²) in [6, 6.07) is -0.0710. The molecule has 0 aliphatic carbocycles. The van der Waals surface area contributed by atoms with Gasteiger partial charge in [0.15, 0.2) is 0 Å². The van der Waals surface area contributed by atoms with Crippen molar-refractivity contribution in [3.8, 4) is 0 Å². The first-order chi connectivity index (χ1) is 8.00. The number of piperidine rings is 1. The molecule has 6 heteroatoms. The van der Waals surface area contributed by atoms with E-state index < -0.39 is 0 Å². The standard InChI is InChI=1S/C13H27N3O.2ClH/c1-10(11(2)14)13(17)15-7-4-12-5-8-16(3)9-6-12;;/h10-12H,4-9,14H2,1-3H3,(H,15,17);2*1H. The third-order valence-electron chi connectivity index (χ3n) is 3.89. The molecule has 0 saturated carbocycles. The lowest BCUT2D eigenvalue weighted by Gasteiger charge is -2.29. The molecule has 1 rings (SSSR count). The van der Waals surface area contributed by atoms with E-state index in [-0.39, 0.29) is 42.7 Å². The molecule has 1 fully saturated rings. The lowest BCUT2D eigenvalue weighted by Crippen LogP contribution is -2.39. The average Bonchev–Trinajstić information content (AvgIpc) is 2.30. The Hall–Kier alpha value is -0.0300. The van der Waals surface area contributed by atoms with Crippen LogP contribution >= 0.6 is 24.8 Å². The quantitative estimate of drug-likeness (QED) is 0.811. The molecule has 1 aliphatic heterocycles. The van der Waals surface area contributed by atoms with Gasteiger partial charge in [-0.3, -0.25) is 4.79 Å². The number of nitrogens with one attached hydrogen (secondary N) is 1. The van der Waals surface area contributed by atoms with Crippen molar-refractivity contribution in [1.82, 2.24) is 10.2 Å². The summed E-state index contributed by atoms with van der Waals surface area (Å²) < 4.78 is 0. The molecular weight excluding hydrogens is 285 g/mol. The molecular formula is C13H29Cl2N3O. The van der Waals surface area contributed by atoms with Gasteiger partial charge in [-0.2, -0.15) is 0 Å². The third kappa shape index (κ3) is 7.98. The smallest absolute Gasteiger partial charge is 0.224 e.